The summed E-state index contributed by atoms with van der Waals surface area (Å²) in [5.74, 6) is 0.765. The van der Waals surface area contributed by atoms with E-state index in [2.05, 4.69) is 39.6 Å². The molecule has 2 aliphatic carbocycles. The van der Waals surface area contributed by atoms with E-state index in [4.69, 9.17) is 5.73 Å². The molecular formula is C24H34N6O. The molecule has 1 saturated heterocycles. The first-order chi connectivity index (χ1) is 15.0. The topological polar surface area (TPSA) is 88.2 Å². The van der Waals surface area contributed by atoms with Crippen LogP contribution in [0.5, 0.6) is 0 Å². The fourth-order valence-corrected chi connectivity index (χ4v) is 5.76. The molecule has 1 aromatic heterocycles. The third-order valence-corrected chi connectivity index (χ3v) is 7.26. The molecular weight excluding hydrogens is 388 g/mol. The molecule has 1 spiro atoms. The Morgan fingerprint density at radius 1 is 1.16 bits per heavy atom. The Kier molecular flexibility index (Phi) is 5.58. The summed E-state index contributed by atoms with van der Waals surface area (Å²) in [6.45, 7) is 5.87. The van der Waals surface area contributed by atoms with Crippen molar-refractivity contribution in [1.29, 1.82) is 0 Å². The summed E-state index contributed by atoms with van der Waals surface area (Å²) in [4.78, 5) is 19.1. The molecule has 0 radical (unpaired) electrons. The number of benzene rings is 1. The fourth-order valence-electron chi connectivity index (χ4n) is 5.76. The zero-order valence-corrected chi connectivity index (χ0v) is 18.4. The van der Waals surface area contributed by atoms with Gasteiger partial charge in [0.2, 0.25) is 0 Å². The lowest BCUT2D eigenvalue weighted by atomic mass is 9.52. The number of nitrogens with zero attached hydrogens (tertiary/aromatic N) is 3. The van der Waals surface area contributed by atoms with Crippen LogP contribution in [0.4, 0.5) is 5.82 Å². The predicted octanol–water partition coefficient (Wildman–Crippen LogP) is 1.43. The van der Waals surface area contributed by atoms with Crippen LogP contribution in [0.25, 0.3) is 5.69 Å². The summed E-state index contributed by atoms with van der Waals surface area (Å²) in [6, 6.07) is 11.7. The molecule has 3 fully saturated rings. The van der Waals surface area contributed by atoms with E-state index in [9.17, 15) is 4.79 Å². The molecule has 166 valence electrons. The second-order valence-corrected chi connectivity index (χ2v) is 9.89. The highest BCUT2D eigenvalue weighted by Crippen LogP contribution is 2.55. The van der Waals surface area contributed by atoms with E-state index in [0.717, 1.165) is 44.1 Å². The van der Waals surface area contributed by atoms with Crippen LogP contribution in [0.1, 0.15) is 38.2 Å². The number of hydrogen-bond donors (Lipinski definition) is 3. The molecule has 7 nitrogen and oxygen atoms in total. The van der Waals surface area contributed by atoms with E-state index in [1.165, 1.54) is 31.2 Å². The van der Waals surface area contributed by atoms with Gasteiger partial charge in [0.05, 0.1) is 5.69 Å². The smallest absolute Gasteiger partial charge is 0.354 e. The van der Waals surface area contributed by atoms with Gasteiger partial charge in [-0.25, -0.2) is 4.79 Å². The van der Waals surface area contributed by atoms with Crippen molar-refractivity contribution in [3.8, 4) is 5.69 Å². The van der Waals surface area contributed by atoms with Gasteiger partial charge in [0, 0.05) is 50.5 Å². The maximum atomic E-state index is 12.6. The highest BCUT2D eigenvalue weighted by atomic mass is 16.1. The van der Waals surface area contributed by atoms with Crippen LogP contribution in [0.3, 0.4) is 0 Å². The largest absolute Gasteiger partial charge is 0.354 e. The van der Waals surface area contributed by atoms with Gasteiger partial charge in [-0.15, -0.1) is 0 Å². The second kappa shape index (κ2) is 8.37. The van der Waals surface area contributed by atoms with Crippen molar-refractivity contribution in [3.05, 3.63) is 52.6 Å². The molecule has 31 heavy (non-hydrogen) atoms. The summed E-state index contributed by atoms with van der Waals surface area (Å²) in [5, 5.41) is 7.10. The van der Waals surface area contributed by atoms with Crippen molar-refractivity contribution >= 4 is 5.82 Å². The third kappa shape index (κ3) is 4.40. The summed E-state index contributed by atoms with van der Waals surface area (Å²) in [6.07, 6.45) is 7.81. The third-order valence-electron chi connectivity index (χ3n) is 7.26. The molecule has 1 atom stereocenters. The van der Waals surface area contributed by atoms with E-state index in [0.29, 0.717) is 23.5 Å². The Balaban J connectivity index is 1.17. The standard InChI is InChI=1S/C24H34N6O/c1-17(27-20-15-24(16-20)13-19(25)14-24)12-18-2-4-21(5-3-18)30-9-6-22(28-23(30)31)29-10-7-26-8-11-29/h2-6,9,17,19-20,26-27H,7-8,10-16,25H2,1H3. The van der Waals surface area contributed by atoms with Gasteiger partial charge in [-0.2, -0.15) is 4.98 Å². The van der Waals surface area contributed by atoms with E-state index < -0.39 is 0 Å². The van der Waals surface area contributed by atoms with Crippen molar-refractivity contribution < 1.29 is 0 Å². The normalized spacial score (nSPS) is 28.8. The maximum absolute atomic E-state index is 12.6. The number of nitrogens with two attached hydrogens (primary N) is 1. The van der Waals surface area contributed by atoms with Gasteiger partial charge in [-0.05, 0) is 68.2 Å². The van der Waals surface area contributed by atoms with Crippen molar-refractivity contribution in [2.75, 3.05) is 31.1 Å². The van der Waals surface area contributed by atoms with Crippen LogP contribution < -0.4 is 27.0 Å². The first-order valence-electron chi connectivity index (χ1n) is 11.7. The van der Waals surface area contributed by atoms with Crippen molar-refractivity contribution in [1.82, 2.24) is 20.2 Å². The molecule has 2 saturated carbocycles. The number of anilines is 1. The Bertz CT molecular complexity index is 951. The maximum Gasteiger partial charge on any atom is 0.354 e. The van der Waals surface area contributed by atoms with Gasteiger partial charge in [0.15, 0.2) is 0 Å². The van der Waals surface area contributed by atoms with Crippen LogP contribution in [0.2, 0.25) is 0 Å². The minimum Gasteiger partial charge on any atom is -0.354 e. The van der Waals surface area contributed by atoms with Crippen LogP contribution >= 0.6 is 0 Å². The van der Waals surface area contributed by atoms with E-state index in [-0.39, 0.29) is 5.69 Å². The molecule has 1 unspecified atom stereocenters. The zero-order chi connectivity index (χ0) is 21.4. The molecule has 0 amide bonds. The Morgan fingerprint density at radius 2 is 1.87 bits per heavy atom. The molecule has 1 aliphatic heterocycles. The van der Waals surface area contributed by atoms with Gasteiger partial charge < -0.3 is 21.3 Å². The zero-order valence-electron chi connectivity index (χ0n) is 18.4. The average molecular weight is 423 g/mol. The van der Waals surface area contributed by atoms with E-state index in [1.54, 1.807) is 4.57 Å². The van der Waals surface area contributed by atoms with Crippen LogP contribution in [0, 0.1) is 5.41 Å². The predicted molar refractivity (Wildman–Crippen MR) is 124 cm³/mol. The minimum absolute atomic E-state index is 0.228. The molecule has 1 aromatic carbocycles. The lowest BCUT2D eigenvalue weighted by Gasteiger charge is -2.57. The lowest BCUT2D eigenvalue weighted by Crippen LogP contribution is -2.60. The lowest BCUT2D eigenvalue weighted by molar-refractivity contribution is -0.0208. The molecule has 0 bridgehead atoms. The first kappa shape index (κ1) is 20.7. The van der Waals surface area contributed by atoms with Crippen LogP contribution in [0.15, 0.2) is 41.3 Å². The molecule has 2 aromatic rings. The summed E-state index contributed by atoms with van der Waals surface area (Å²) in [7, 11) is 0. The number of rotatable bonds is 6. The molecule has 2 heterocycles. The highest BCUT2D eigenvalue weighted by Gasteiger charge is 2.51. The first-order valence-corrected chi connectivity index (χ1v) is 11.7. The number of hydrogen-bond acceptors (Lipinski definition) is 6. The van der Waals surface area contributed by atoms with Gasteiger partial charge in [-0.3, -0.25) is 4.57 Å². The monoisotopic (exact) mass is 422 g/mol. The Labute approximate surface area is 184 Å². The van der Waals surface area contributed by atoms with Gasteiger partial charge in [0.1, 0.15) is 5.82 Å². The van der Waals surface area contributed by atoms with Crippen LogP contribution in [-0.2, 0) is 6.42 Å². The van der Waals surface area contributed by atoms with E-state index in [1.807, 2.05) is 24.4 Å². The summed E-state index contributed by atoms with van der Waals surface area (Å²) < 4.78 is 1.62. The fraction of sp³-hybridized carbons (Fsp3) is 0.583. The van der Waals surface area contributed by atoms with Crippen LogP contribution in [-0.4, -0.2) is 53.9 Å². The van der Waals surface area contributed by atoms with Crippen molar-refractivity contribution in [2.24, 2.45) is 11.1 Å². The van der Waals surface area contributed by atoms with Crippen molar-refractivity contribution in [2.45, 2.75) is 57.2 Å². The summed E-state index contributed by atoms with van der Waals surface area (Å²) in [5.41, 5.74) is 8.45. The number of aromatic nitrogens is 2. The molecule has 3 aliphatic rings. The number of piperazine rings is 1. The number of nitrogens with one attached hydrogen (secondary N) is 2. The SMILES string of the molecule is CC(Cc1ccc(-n2ccc(N3CCNCC3)nc2=O)cc1)NC1CC2(CC(N)C2)C1. The summed E-state index contributed by atoms with van der Waals surface area (Å²) >= 11 is 0. The second-order valence-electron chi connectivity index (χ2n) is 9.89. The highest BCUT2D eigenvalue weighted by molar-refractivity contribution is 5.40. The molecule has 4 N–H and O–H groups in total. The van der Waals surface area contributed by atoms with Gasteiger partial charge in [-0.1, -0.05) is 12.1 Å². The minimum atomic E-state index is -0.228. The Morgan fingerprint density at radius 3 is 2.52 bits per heavy atom. The van der Waals surface area contributed by atoms with Crippen molar-refractivity contribution in [3.63, 3.8) is 0 Å². The Hall–Kier alpha value is -2.22. The van der Waals surface area contributed by atoms with Gasteiger partial charge in [0.25, 0.3) is 0 Å². The van der Waals surface area contributed by atoms with E-state index >= 15 is 0 Å². The van der Waals surface area contributed by atoms with Gasteiger partial charge >= 0.3 is 5.69 Å². The quantitative estimate of drug-likeness (QED) is 0.653. The average Bonchev–Trinajstić information content (AvgIpc) is 2.72. The molecule has 7 heteroatoms. The molecule has 5 rings (SSSR count).